The third kappa shape index (κ3) is 4.96. The summed E-state index contributed by atoms with van der Waals surface area (Å²) in [6, 6.07) is 10.1. The fraction of sp³-hybridized carbons (Fsp3) is 0.632. The number of hydrogen-bond acceptors (Lipinski definition) is 2. The summed E-state index contributed by atoms with van der Waals surface area (Å²) in [5.74, 6) is 0. The van der Waals surface area contributed by atoms with Crippen LogP contribution < -0.4 is 10.6 Å². The largest absolute Gasteiger partial charge is 0.393 e. The van der Waals surface area contributed by atoms with Crippen LogP contribution in [0.4, 0.5) is 4.79 Å². The highest BCUT2D eigenvalue weighted by Crippen LogP contribution is 2.38. The minimum Gasteiger partial charge on any atom is -0.393 e. The smallest absolute Gasteiger partial charge is 0.315 e. The molecule has 3 N–H and O–H groups in total. The molecular weight excluding hydrogens is 288 g/mol. The van der Waals surface area contributed by atoms with Crippen molar-refractivity contribution in [3.05, 3.63) is 35.9 Å². The van der Waals surface area contributed by atoms with Gasteiger partial charge < -0.3 is 15.7 Å². The molecule has 23 heavy (non-hydrogen) atoms. The molecule has 2 amide bonds. The third-order valence-corrected chi connectivity index (χ3v) is 4.71. The average molecular weight is 318 g/mol. The second-order valence-corrected chi connectivity index (χ2v) is 7.68. The molecule has 1 saturated carbocycles. The summed E-state index contributed by atoms with van der Waals surface area (Å²) in [5.41, 5.74) is 0.830. The van der Waals surface area contributed by atoms with E-state index in [9.17, 15) is 9.90 Å². The number of benzene rings is 1. The number of carbonyl (C=O) groups excluding carboxylic acids is 1. The highest BCUT2D eigenvalue weighted by Gasteiger charge is 2.37. The molecule has 1 unspecified atom stereocenters. The first-order valence-corrected chi connectivity index (χ1v) is 8.63. The molecule has 1 atom stereocenters. The van der Waals surface area contributed by atoms with Gasteiger partial charge in [0.15, 0.2) is 0 Å². The zero-order valence-electron chi connectivity index (χ0n) is 14.6. The van der Waals surface area contributed by atoms with Gasteiger partial charge in [-0.3, -0.25) is 0 Å². The van der Waals surface area contributed by atoms with Gasteiger partial charge in [0, 0.05) is 6.54 Å². The molecule has 128 valence electrons. The van der Waals surface area contributed by atoms with Gasteiger partial charge in [0.05, 0.1) is 11.6 Å². The van der Waals surface area contributed by atoms with E-state index in [1.54, 1.807) is 6.92 Å². The van der Waals surface area contributed by atoms with Crippen molar-refractivity contribution in [2.45, 2.75) is 64.5 Å². The van der Waals surface area contributed by atoms with Gasteiger partial charge in [-0.2, -0.15) is 0 Å². The molecule has 0 bridgehead atoms. The lowest BCUT2D eigenvalue weighted by molar-refractivity contribution is 0.128. The predicted molar refractivity (Wildman–Crippen MR) is 93.2 cm³/mol. The van der Waals surface area contributed by atoms with Crippen LogP contribution in [0.15, 0.2) is 30.3 Å². The standard InChI is InChI=1S/C19H30N2O2/c1-15(22)13-18(2,3)14-20-17(23)21-19(11-7-8-12-19)16-9-5-4-6-10-16/h4-6,9-10,15,22H,7-8,11-14H2,1-3H3,(H2,20,21,23). The van der Waals surface area contributed by atoms with Crippen LogP contribution in [-0.2, 0) is 5.54 Å². The average Bonchev–Trinajstić information content (AvgIpc) is 2.95. The summed E-state index contributed by atoms with van der Waals surface area (Å²) in [5, 5.41) is 15.8. The van der Waals surface area contributed by atoms with E-state index < -0.39 is 0 Å². The summed E-state index contributed by atoms with van der Waals surface area (Å²) in [7, 11) is 0. The molecule has 4 nitrogen and oxygen atoms in total. The normalized spacial score (nSPS) is 18.4. The highest BCUT2D eigenvalue weighted by molar-refractivity contribution is 5.75. The van der Waals surface area contributed by atoms with Gasteiger partial charge in [-0.25, -0.2) is 4.79 Å². The first kappa shape index (κ1) is 17.8. The fourth-order valence-corrected chi connectivity index (χ4v) is 3.67. The fourth-order valence-electron chi connectivity index (χ4n) is 3.67. The quantitative estimate of drug-likeness (QED) is 0.751. The SMILES string of the molecule is CC(O)CC(C)(C)CNC(=O)NC1(c2ccccc2)CCCC1. The van der Waals surface area contributed by atoms with Crippen molar-refractivity contribution < 1.29 is 9.90 Å². The Morgan fingerprint density at radius 1 is 1.26 bits per heavy atom. The maximum atomic E-state index is 12.4. The molecule has 2 rings (SSSR count). The Balaban J connectivity index is 1.97. The van der Waals surface area contributed by atoms with E-state index in [1.165, 1.54) is 5.56 Å². The van der Waals surface area contributed by atoms with Crippen molar-refractivity contribution in [2.24, 2.45) is 5.41 Å². The first-order chi connectivity index (χ1) is 10.8. The molecule has 0 radical (unpaired) electrons. The summed E-state index contributed by atoms with van der Waals surface area (Å²) < 4.78 is 0. The molecule has 1 aromatic rings. The van der Waals surface area contributed by atoms with Gasteiger partial charge in [0.1, 0.15) is 0 Å². The number of carbonyl (C=O) groups is 1. The van der Waals surface area contributed by atoms with Crippen LogP contribution in [0.25, 0.3) is 0 Å². The zero-order valence-corrected chi connectivity index (χ0v) is 14.6. The molecular formula is C19H30N2O2. The van der Waals surface area contributed by atoms with Crippen molar-refractivity contribution in [1.29, 1.82) is 0 Å². The van der Waals surface area contributed by atoms with E-state index in [0.29, 0.717) is 13.0 Å². The number of rotatable bonds is 6. The topological polar surface area (TPSA) is 61.4 Å². The van der Waals surface area contributed by atoms with Gasteiger partial charge in [-0.1, -0.05) is 57.0 Å². The van der Waals surface area contributed by atoms with Gasteiger partial charge >= 0.3 is 6.03 Å². The second-order valence-electron chi connectivity index (χ2n) is 7.68. The van der Waals surface area contributed by atoms with Crippen LogP contribution >= 0.6 is 0 Å². The minimum atomic E-state index is -0.361. The maximum Gasteiger partial charge on any atom is 0.315 e. The Hall–Kier alpha value is -1.55. The molecule has 1 aliphatic carbocycles. The monoisotopic (exact) mass is 318 g/mol. The van der Waals surface area contributed by atoms with Crippen molar-refractivity contribution in [3.63, 3.8) is 0 Å². The molecule has 0 heterocycles. The lowest BCUT2D eigenvalue weighted by atomic mass is 9.87. The number of urea groups is 1. The minimum absolute atomic E-state index is 0.116. The van der Waals surface area contributed by atoms with E-state index >= 15 is 0 Å². The number of aliphatic hydroxyl groups excluding tert-OH is 1. The van der Waals surface area contributed by atoms with Gasteiger partial charge in [0.2, 0.25) is 0 Å². The van der Waals surface area contributed by atoms with E-state index in [0.717, 1.165) is 25.7 Å². The second kappa shape index (κ2) is 7.35. The molecule has 0 aromatic heterocycles. The lowest BCUT2D eigenvalue weighted by Gasteiger charge is -2.32. The van der Waals surface area contributed by atoms with Crippen LogP contribution in [-0.4, -0.2) is 23.8 Å². The zero-order chi connectivity index (χ0) is 16.9. The Kier molecular flexibility index (Phi) is 5.69. The van der Waals surface area contributed by atoms with Gasteiger partial charge in [-0.05, 0) is 37.2 Å². The van der Waals surface area contributed by atoms with E-state index in [1.807, 2.05) is 18.2 Å². The molecule has 1 aliphatic rings. The molecule has 1 aromatic carbocycles. The van der Waals surface area contributed by atoms with Crippen LogP contribution in [0.5, 0.6) is 0 Å². The Bertz CT molecular complexity index is 505. The van der Waals surface area contributed by atoms with Crippen LogP contribution in [0.2, 0.25) is 0 Å². The lowest BCUT2D eigenvalue weighted by Crippen LogP contribution is -2.50. The number of amides is 2. The van der Waals surface area contributed by atoms with E-state index in [-0.39, 0.29) is 23.1 Å². The highest BCUT2D eigenvalue weighted by atomic mass is 16.3. The van der Waals surface area contributed by atoms with Gasteiger partial charge in [-0.15, -0.1) is 0 Å². The van der Waals surface area contributed by atoms with E-state index in [2.05, 4.69) is 36.6 Å². The van der Waals surface area contributed by atoms with Crippen molar-refractivity contribution in [2.75, 3.05) is 6.54 Å². The number of hydrogen-bond donors (Lipinski definition) is 3. The summed E-state index contributed by atoms with van der Waals surface area (Å²) in [6.07, 6.45) is 4.56. The number of aliphatic hydroxyl groups is 1. The Morgan fingerprint density at radius 3 is 2.43 bits per heavy atom. The number of nitrogens with one attached hydrogen (secondary N) is 2. The predicted octanol–water partition coefficient (Wildman–Crippen LogP) is 3.55. The summed E-state index contributed by atoms with van der Waals surface area (Å²) >= 11 is 0. The van der Waals surface area contributed by atoms with Crippen molar-refractivity contribution in [1.82, 2.24) is 10.6 Å². The van der Waals surface area contributed by atoms with Crippen molar-refractivity contribution in [3.8, 4) is 0 Å². The Morgan fingerprint density at radius 2 is 1.87 bits per heavy atom. The summed E-state index contributed by atoms with van der Waals surface area (Å²) in [4.78, 5) is 12.4. The third-order valence-electron chi connectivity index (χ3n) is 4.71. The van der Waals surface area contributed by atoms with Crippen LogP contribution in [0.1, 0.15) is 58.4 Å². The van der Waals surface area contributed by atoms with Crippen LogP contribution in [0, 0.1) is 5.41 Å². The summed E-state index contributed by atoms with van der Waals surface area (Å²) in [6.45, 7) is 6.45. The first-order valence-electron chi connectivity index (χ1n) is 8.63. The molecule has 4 heteroatoms. The molecule has 0 aliphatic heterocycles. The molecule has 0 spiro atoms. The molecule has 1 fully saturated rings. The maximum absolute atomic E-state index is 12.4. The van der Waals surface area contributed by atoms with Crippen LogP contribution in [0.3, 0.4) is 0 Å². The molecule has 0 saturated heterocycles. The van der Waals surface area contributed by atoms with Crippen molar-refractivity contribution >= 4 is 6.03 Å². The van der Waals surface area contributed by atoms with E-state index in [4.69, 9.17) is 0 Å². The van der Waals surface area contributed by atoms with Gasteiger partial charge in [0.25, 0.3) is 0 Å². The Labute approximate surface area is 139 Å².